The third-order valence-corrected chi connectivity index (χ3v) is 2.99. The Labute approximate surface area is 102 Å². The second kappa shape index (κ2) is 4.55. The van der Waals surface area contributed by atoms with Gasteiger partial charge in [-0.2, -0.15) is 0 Å². The molecule has 1 heterocycles. The smallest absolute Gasteiger partial charge is 0.162 e. The quantitative estimate of drug-likeness (QED) is 0.777. The van der Waals surface area contributed by atoms with E-state index in [9.17, 15) is 0 Å². The number of benzene rings is 1. The molecule has 0 saturated heterocycles. The van der Waals surface area contributed by atoms with Gasteiger partial charge in [0.1, 0.15) is 0 Å². The van der Waals surface area contributed by atoms with Gasteiger partial charge in [-0.3, -0.25) is 10.3 Å². The third kappa shape index (κ3) is 2.12. The van der Waals surface area contributed by atoms with E-state index in [0.717, 1.165) is 15.7 Å². The highest BCUT2D eigenvalue weighted by Crippen LogP contribution is 2.26. The van der Waals surface area contributed by atoms with Gasteiger partial charge < -0.3 is 10.2 Å². The van der Waals surface area contributed by atoms with E-state index in [2.05, 4.69) is 21.4 Å². The van der Waals surface area contributed by atoms with Crippen molar-refractivity contribution >= 4 is 21.6 Å². The molecule has 0 aliphatic carbocycles. The molecule has 0 aromatic heterocycles. The molecule has 16 heavy (non-hydrogen) atoms. The SMILES string of the molecule is OCC1(CO)C=C(c2ccc(Br)cc2)NO1. The molecule has 4 nitrogen and oxygen atoms in total. The van der Waals surface area contributed by atoms with E-state index in [0.29, 0.717) is 0 Å². The average Bonchev–Trinajstić information content (AvgIpc) is 2.75. The molecule has 2 rings (SSSR count). The Morgan fingerprint density at radius 1 is 1.19 bits per heavy atom. The van der Waals surface area contributed by atoms with Crippen LogP contribution < -0.4 is 5.48 Å². The maximum atomic E-state index is 9.15. The fourth-order valence-corrected chi connectivity index (χ4v) is 1.72. The number of aliphatic hydroxyl groups is 2. The lowest BCUT2D eigenvalue weighted by molar-refractivity contribution is -0.0922. The van der Waals surface area contributed by atoms with Gasteiger partial charge >= 0.3 is 0 Å². The fraction of sp³-hybridized carbons (Fsp3) is 0.273. The zero-order valence-electron chi connectivity index (χ0n) is 8.48. The first-order valence-electron chi connectivity index (χ1n) is 4.84. The molecule has 1 aromatic carbocycles. The second-order valence-electron chi connectivity index (χ2n) is 3.65. The largest absolute Gasteiger partial charge is 0.393 e. The number of nitrogens with one attached hydrogen (secondary N) is 1. The molecule has 0 fully saturated rings. The van der Waals surface area contributed by atoms with Crippen LogP contribution in [0.1, 0.15) is 5.56 Å². The Balaban J connectivity index is 2.27. The highest BCUT2D eigenvalue weighted by molar-refractivity contribution is 9.10. The van der Waals surface area contributed by atoms with E-state index < -0.39 is 5.60 Å². The topological polar surface area (TPSA) is 61.7 Å². The summed E-state index contributed by atoms with van der Waals surface area (Å²) < 4.78 is 0.992. The molecule has 86 valence electrons. The van der Waals surface area contributed by atoms with Crippen LogP contribution in [0.25, 0.3) is 5.70 Å². The van der Waals surface area contributed by atoms with Gasteiger partial charge in [-0.25, -0.2) is 0 Å². The third-order valence-electron chi connectivity index (χ3n) is 2.46. The number of hydrogen-bond acceptors (Lipinski definition) is 4. The van der Waals surface area contributed by atoms with Crippen LogP contribution in [0, 0.1) is 0 Å². The zero-order chi connectivity index (χ0) is 11.6. The molecule has 5 heteroatoms. The summed E-state index contributed by atoms with van der Waals surface area (Å²) in [5, 5.41) is 18.3. The van der Waals surface area contributed by atoms with Crippen molar-refractivity contribution in [3.8, 4) is 0 Å². The fourth-order valence-electron chi connectivity index (χ4n) is 1.46. The number of hydrogen-bond donors (Lipinski definition) is 3. The molecular weight excluding hydrogens is 274 g/mol. The van der Waals surface area contributed by atoms with Gasteiger partial charge in [0.15, 0.2) is 5.60 Å². The summed E-state index contributed by atoms with van der Waals surface area (Å²) in [4.78, 5) is 5.18. The minimum absolute atomic E-state index is 0.267. The van der Waals surface area contributed by atoms with E-state index in [1.54, 1.807) is 6.08 Å². The van der Waals surface area contributed by atoms with Gasteiger partial charge in [0, 0.05) is 4.47 Å². The van der Waals surface area contributed by atoms with Crippen molar-refractivity contribution in [1.29, 1.82) is 0 Å². The Kier molecular flexibility index (Phi) is 3.30. The van der Waals surface area contributed by atoms with E-state index >= 15 is 0 Å². The Bertz CT molecular complexity index is 398. The normalized spacial score (nSPS) is 18.1. The van der Waals surface area contributed by atoms with Crippen molar-refractivity contribution in [1.82, 2.24) is 5.48 Å². The van der Waals surface area contributed by atoms with Crippen LogP contribution in [0.5, 0.6) is 0 Å². The minimum atomic E-state index is -1.03. The molecule has 0 amide bonds. The van der Waals surface area contributed by atoms with Gasteiger partial charge in [0.2, 0.25) is 0 Å². The lowest BCUT2D eigenvalue weighted by Gasteiger charge is -2.18. The van der Waals surface area contributed by atoms with Crippen molar-refractivity contribution in [2.75, 3.05) is 13.2 Å². The number of halogens is 1. The van der Waals surface area contributed by atoms with Gasteiger partial charge in [0.25, 0.3) is 0 Å². The molecule has 1 aliphatic rings. The first kappa shape index (κ1) is 11.6. The number of hydroxylamine groups is 1. The van der Waals surface area contributed by atoms with Gasteiger partial charge in [-0.15, -0.1) is 0 Å². The summed E-state index contributed by atoms with van der Waals surface area (Å²) in [6, 6.07) is 7.65. The van der Waals surface area contributed by atoms with Crippen LogP contribution in [0.15, 0.2) is 34.8 Å². The van der Waals surface area contributed by atoms with Crippen LogP contribution >= 0.6 is 15.9 Å². The first-order chi connectivity index (χ1) is 7.69. The molecule has 0 bridgehead atoms. The predicted molar refractivity (Wildman–Crippen MR) is 63.2 cm³/mol. The van der Waals surface area contributed by atoms with Crippen molar-refractivity contribution < 1.29 is 15.1 Å². The van der Waals surface area contributed by atoms with Crippen molar-refractivity contribution in [2.24, 2.45) is 0 Å². The summed E-state index contributed by atoms with van der Waals surface area (Å²) in [5.74, 6) is 0. The van der Waals surface area contributed by atoms with Crippen LogP contribution in [0.4, 0.5) is 0 Å². The molecule has 0 radical (unpaired) electrons. The van der Waals surface area contributed by atoms with E-state index in [1.807, 2.05) is 24.3 Å². The van der Waals surface area contributed by atoms with Crippen molar-refractivity contribution in [3.63, 3.8) is 0 Å². The standard InChI is InChI=1S/C11H12BrNO3/c12-9-3-1-8(2-4-9)10-5-11(6-14,7-15)16-13-10/h1-5,13-15H,6-7H2. The number of rotatable bonds is 3. The Morgan fingerprint density at radius 3 is 2.31 bits per heavy atom. The van der Waals surface area contributed by atoms with Gasteiger partial charge in [0.05, 0.1) is 18.9 Å². The monoisotopic (exact) mass is 285 g/mol. The molecule has 0 atom stereocenters. The van der Waals surface area contributed by atoms with Crippen molar-refractivity contribution in [3.05, 3.63) is 40.4 Å². The van der Waals surface area contributed by atoms with Gasteiger partial charge in [-0.1, -0.05) is 28.1 Å². The van der Waals surface area contributed by atoms with Crippen LogP contribution in [-0.4, -0.2) is 29.0 Å². The summed E-state index contributed by atoms with van der Waals surface area (Å²) in [5.41, 5.74) is 3.37. The average molecular weight is 286 g/mol. The highest BCUT2D eigenvalue weighted by Gasteiger charge is 2.34. The van der Waals surface area contributed by atoms with E-state index in [4.69, 9.17) is 15.1 Å². The van der Waals surface area contributed by atoms with Crippen molar-refractivity contribution in [2.45, 2.75) is 5.60 Å². The number of aliphatic hydroxyl groups excluding tert-OH is 2. The highest BCUT2D eigenvalue weighted by atomic mass is 79.9. The summed E-state index contributed by atoms with van der Waals surface area (Å²) in [6.45, 7) is -0.535. The summed E-state index contributed by atoms with van der Waals surface area (Å²) in [6.07, 6.45) is 1.69. The molecule has 0 spiro atoms. The molecule has 0 saturated carbocycles. The van der Waals surface area contributed by atoms with E-state index in [-0.39, 0.29) is 13.2 Å². The maximum absolute atomic E-state index is 9.15. The van der Waals surface area contributed by atoms with E-state index in [1.165, 1.54) is 0 Å². The van der Waals surface area contributed by atoms with Crippen LogP contribution in [0.3, 0.4) is 0 Å². The molecule has 0 unspecified atom stereocenters. The molecule has 1 aromatic rings. The lowest BCUT2D eigenvalue weighted by Crippen LogP contribution is -2.37. The Hall–Kier alpha value is -0.880. The molecule has 1 aliphatic heterocycles. The van der Waals surface area contributed by atoms with Crippen LogP contribution in [0.2, 0.25) is 0 Å². The predicted octanol–water partition coefficient (Wildman–Crippen LogP) is 1.05. The second-order valence-corrected chi connectivity index (χ2v) is 4.57. The summed E-state index contributed by atoms with van der Waals surface area (Å²) in [7, 11) is 0. The maximum Gasteiger partial charge on any atom is 0.162 e. The zero-order valence-corrected chi connectivity index (χ0v) is 10.1. The first-order valence-corrected chi connectivity index (χ1v) is 5.63. The summed E-state index contributed by atoms with van der Waals surface area (Å²) >= 11 is 3.35. The van der Waals surface area contributed by atoms with Gasteiger partial charge in [-0.05, 0) is 23.8 Å². The minimum Gasteiger partial charge on any atom is -0.393 e. The molecule has 3 N–H and O–H groups in total. The lowest BCUT2D eigenvalue weighted by atomic mass is 10.0. The molecular formula is C11H12BrNO3. The Morgan fingerprint density at radius 2 is 1.81 bits per heavy atom. The van der Waals surface area contributed by atoms with Crippen LogP contribution in [-0.2, 0) is 4.84 Å².